The molecule has 0 aliphatic rings. The van der Waals surface area contributed by atoms with Gasteiger partial charge in [0.25, 0.3) is 0 Å². The fourth-order valence-corrected chi connectivity index (χ4v) is 1.40. The zero-order chi connectivity index (χ0) is 13.2. The van der Waals surface area contributed by atoms with E-state index in [1.165, 1.54) is 17.3 Å². The Hall–Kier alpha value is -2.18. The van der Waals surface area contributed by atoms with Gasteiger partial charge >= 0.3 is 6.18 Å². The number of hydrogen-bond donors (Lipinski definition) is 0. The van der Waals surface area contributed by atoms with Crippen molar-refractivity contribution in [2.75, 3.05) is 0 Å². The van der Waals surface area contributed by atoms with Crippen LogP contribution in [0.5, 0.6) is 0 Å². The largest absolute Gasteiger partial charge is 0.416 e. The highest BCUT2D eigenvalue weighted by Gasteiger charge is 2.30. The van der Waals surface area contributed by atoms with E-state index in [0.717, 1.165) is 24.3 Å². The van der Waals surface area contributed by atoms with E-state index in [4.69, 9.17) is 0 Å². The highest BCUT2D eigenvalue weighted by Crippen LogP contribution is 2.29. The molecule has 2 aromatic rings. The lowest BCUT2D eigenvalue weighted by molar-refractivity contribution is -0.137. The standard InChI is InChI=1S/C11H8F3N3O/c12-11(13,14)9-3-1-8(2-4-9)10(18)5-17-7-15-6-16-17/h1-4,6-7H,5H2. The monoisotopic (exact) mass is 255 g/mol. The van der Waals surface area contributed by atoms with Gasteiger partial charge in [-0.2, -0.15) is 18.3 Å². The van der Waals surface area contributed by atoms with Gasteiger partial charge in [-0.1, -0.05) is 12.1 Å². The first-order chi connectivity index (χ1) is 8.47. The molecule has 1 aromatic heterocycles. The minimum absolute atomic E-state index is 0.0502. The van der Waals surface area contributed by atoms with Crippen LogP contribution < -0.4 is 0 Å². The minimum Gasteiger partial charge on any atom is -0.292 e. The fourth-order valence-electron chi connectivity index (χ4n) is 1.40. The SMILES string of the molecule is O=C(Cn1cncn1)c1ccc(C(F)(F)F)cc1. The molecule has 0 unspecified atom stereocenters. The smallest absolute Gasteiger partial charge is 0.292 e. The molecule has 0 atom stereocenters. The molecular weight excluding hydrogens is 247 g/mol. The van der Waals surface area contributed by atoms with Crippen LogP contribution in [0, 0.1) is 0 Å². The van der Waals surface area contributed by atoms with Gasteiger partial charge in [0, 0.05) is 5.56 Å². The van der Waals surface area contributed by atoms with E-state index < -0.39 is 11.7 Å². The molecule has 2 rings (SSSR count). The van der Waals surface area contributed by atoms with Crippen molar-refractivity contribution in [3.63, 3.8) is 0 Å². The van der Waals surface area contributed by atoms with Crippen LogP contribution in [0.2, 0.25) is 0 Å². The normalized spacial score (nSPS) is 11.5. The van der Waals surface area contributed by atoms with Crippen molar-refractivity contribution in [3.05, 3.63) is 48.0 Å². The molecule has 94 valence electrons. The van der Waals surface area contributed by atoms with Crippen molar-refractivity contribution in [2.45, 2.75) is 12.7 Å². The van der Waals surface area contributed by atoms with E-state index in [0.29, 0.717) is 0 Å². The molecule has 1 heterocycles. The number of benzene rings is 1. The van der Waals surface area contributed by atoms with E-state index in [1.807, 2.05) is 0 Å². The van der Waals surface area contributed by atoms with E-state index in [9.17, 15) is 18.0 Å². The van der Waals surface area contributed by atoms with Crippen LogP contribution in [0.4, 0.5) is 13.2 Å². The Morgan fingerprint density at radius 1 is 1.22 bits per heavy atom. The molecular formula is C11H8F3N3O. The minimum atomic E-state index is -4.40. The van der Waals surface area contributed by atoms with Crippen LogP contribution >= 0.6 is 0 Å². The summed E-state index contributed by atoms with van der Waals surface area (Å²) in [6, 6.07) is 4.08. The lowest BCUT2D eigenvalue weighted by Gasteiger charge is -2.07. The third kappa shape index (κ3) is 2.73. The Morgan fingerprint density at radius 2 is 1.89 bits per heavy atom. The highest BCUT2D eigenvalue weighted by molar-refractivity contribution is 5.95. The van der Waals surface area contributed by atoms with Crippen molar-refractivity contribution >= 4 is 5.78 Å². The molecule has 1 aromatic carbocycles. The molecule has 4 nitrogen and oxygen atoms in total. The van der Waals surface area contributed by atoms with Gasteiger partial charge in [-0.25, -0.2) is 9.67 Å². The number of nitrogens with zero attached hydrogens (tertiary/aromatic N) is 3. The Bertz CT molecular complexity index is 532. The molecule has 0 saturated heterocycles. The summed E-state index contributed by atoms with van der Waals surface area (Å²) < 4.78 is 38.3. The number of ketones is 1. The Kier molecular flexibility index (Phi) is 3.14. The molecule has 0 N–H and O–H groups in total. The van der Waals surface area contributed by atoms with Crippen molar-refractivity contribution in [1.82, 2.24) is 14.8 Å². The Labute approximate surface area is 100 Å². The number of alkyl halides is 3. The quantitative estimate of drug-likeness (QED) is 0.790. The van der Waals surface area contributed by atoms with Crippen LogP contribution in [0.3, 0.4) is 0 Å². The summed E-state index contributed by atoms with van der Waals surface area (Å²) in [6.07, 6.45) is -1.75. The first-order valence-electron chi connectivity index (χ1n) is 5.00. The zero-order valence-electron chi connectivity index (χ0n) is 9.05. The summed E-state index contributed by atoms with van der Waals surface area (Å²) in [5.74, 6) is -0.325. The summed E-state index contributed by atoms with van der Waals surface area (Å²) in [4.78, 5) is 15.4. The van der Waals surface area contributed by atoms with Crippen LogP contribution in [0.15, 0.2) is 36.9 Å². The summed E-state index contributed by atoms with van der Waals surface area (Å²) in [7, 11) is 0. The number of hydrogen-bond acceptors (Lipinski definition) is 3. The summed E-state index contributed by atoms with van der Waals surface area (Å²) in [5.41, 5.74) is -0.571. The molecule has 0 fully saturated rings. The topological polar surface area (TPSA) is 47.8 Å². The molecule has 0 saturated carbocycles. The van der Waals surface area contributed by atoms with Gasteiger partial charge < -0.3 is 0 Å². The number of rotatable bonds is 3. The maximum atomic E-state index is 12.3. The fraction of sp³-hybridized carbons (Fsp3) is 0.182. The Balaban J connectivity index is 2.12. The predicted octanol–water partition coefficient (Wildman–Crippen LogP) is 2.18. The third-order valence-electron chi connectivity index (χ3n) is 2.31. The molecule has 0 amide bonds. The molecule has 18 heavy (non-hydrogen) atoms. The molecule has 0 aliphatic carbocycles. The lowest BCUT2D eigenvalue weighted by Crippen LogP contribution is -2.11. The molecule has 0 spiro atoms. The maximum Gasteiger partial charge on any atom is 0.416 e. The number of halogens is 3. The predicted molar refractivity (Wildman–Crippen MR) is 55.8 cm³/mol. The van der Waals surface area contributed by atoms with Crippen molar-refractivity contribution in [2.24, 2.45) is 0 Å². The van der Waals surface area contributed by atoms with Gasteiger partial charge in [0.1, 0.15) is 19.2 Å². The number of Topliss-reactive ketones (excluding diaryl/α,β-unsaturated/α-hetero) is 1. The number of aromatic nitrogens is 3. The summed E-state index contributed by atoms with van der Waals surface area (Å²) >= 11 is 0. The second kappa shape index (κ2) is 4.59. The molecule has 0 bridgehead atoms. The molecule has 0 aliphatic heterocycles. The van der Waals surface area contributed by atoms with E-state index in [-0.39, 0.29) is 17.9 Å². The van der Waals surface area contributed by atoms with Crippen molar-refractivity contribution in [3.8, 4) is 0 Å². The van der Waals surface area contributed by atoms with Crippen LogP contribution in [-0.2, 0) is 12.7 Å². The van der Waals surface area contributed by atoms with Crippen LogP contribution in [-0.4, -0.2) is 20.5 Å². The summed E-state index contributed by atoms with van der Waals surface area (Å²) in [6.45, 7) is -0.0502. The Morgan fingerprint density at radius 3 is 2.39 bits per heavy atom. The van der Waals surface area contributed by atoms with E-state index in [2.05, 4.69) is 10.1 Å². The van der Waals surface area contributed by atoms with E-state index >= 15 is 0 Å². The molecule has 0 radical (unpaired) electrons. The van der Waals surface area contributed by atoms with Gasteiger partial charge in [0.05, 0.1) is 5.56 Å². The second-order valence-electron chi connectivity index (χ2n) is 3.59. The highest BCUT2D eigenvalue weighted by atomic mass is 19.4. The van der Waals surface area contributed by atoms with Gasteiger partial charge in [-0.15, -0.1) is 0 Å². The lowest BCUT2D eigenvalue weighted by atomic mass is 10.1. The average molecular weight is 255 g/mol. The zero-order valence-corrected chi connectivity index (χ0v) is 9.05. The maximum absolute atomic E-state index is 12.3. The summed E-state index contributed by atoms with van der Waals surface area (Å²) in [5, 5.41) is 3.74. The van der Waals surface area contributed by atoms with Crippen LogP contribution in [0.25, 0.3) is 0 Å². The first-order valence-corrected chi connectivity index (χ1v) is 5.00. The van der Waals surface area contributed by atoms with Gasteiger partial charge in [0.15, 0.2) is 5.78 Å². The number of carbonyl (C=O) groups is 1. The number of carbonyl (C=O) groups excluding carboxylic acids is 1. The third-order valence-corrected chi connectivity index (χ3v) is 2.31. The van der Waals surface area contributed by atoms with Gasteiger partial charge in [-0.05, 0) is 12.1 Å². The average Bonchev–Trinajstić information content (AvgIpc) is 2.81. The van der Waals surface area contributed by atoms with E-state index in [1.54, 1.807) is 0 Å². The first kappa shape index (κ1) is 12.3. The van der Waals surface area contributed by atoms with Crippen molar-refractivity contribution < 1.29 is 18.0 Å². The van der Waals surface area contributed by atoms with Crippen LogP contribution in [0.1, 0.15) is 15.9 Å². The molecule has 7 heteroatoms. The van der Waals surface area contributed by atoms with Gasteiger partial charge in [0.2, 0.25) is 0 Å². The second-order valence-corrected chi connectivity index (χ2v) is 3.59. The van der Waals surface area contributed by atoms with Gasteiger partial charge in [-0.3, -0.25) is 4.79 Å². The van der Waals surface area contributed by atoms with Crippen molar-refractivity contribution in [1.29, 1.82) is 0 Å².